The molecule has 2 aromatic carbocycles. The van der Waals surface area contributed by atoms with Gasteiger partial charge in [0, 0.05) is 0 Å². The number of fused-ring (bicyclic) bond motifs is 1. The molecule has 3 aromatic rings. The second-order valence-corrected chi connectivity index (χ2v) is 4.62. The van der Waals surface area contributed by atoms with Crippen LogP contribution in [0.2, 0.25) is 0 Å². The van der Waals surface area contributed by atoms with E-state index < -0.39 is 0 Å². The van der Waals surface area contributed by atoms with E-state index in [0.29, 0.717) is 11.4 Å². The Bertz CT molecular complexity index is 756. The lowest BCUT2D eigenvalue weighted by Gasteiger charge is -2.05. The summed E-state index contributed by atoms with van der Waals surface area (Å²) >= 11 is 5.27. The van der Waals surface area contributed by atoms with Crippen molar-refractivity contribution in [1.82, 2.24) is 4.57 Å². The molecule has 0 unspecified atom stereocenters. The Balaban J connectivity index is 2.00. The molecule has 0 N–H and O–H groups in total. The highest BCUT2D eigenvalue weighted by molar-refractivity contribution is 7.71. The Morgan fingerprint density at radius 1 is 1.11 bits per heavy atom. The van der Waals surface area contributed by atoms with E-state index in [1.54, 1.807) is 7.11 Å². The molecule has 4 heteroatoms. The second-order valence-electron chi connectivity index (χ2n) is 4.27. The second kappa shape index (κ2) is 4.90. The summed E-state index contributed by atoms with van der Waals surface area (Å²) in [5.74, 6) is 0.851. The number of methoxy groups -OCH3 is 1. The Morgan fingerprint density at radius 3 is 2.58 bits per heavy atom. The third-order valence-corrected chi connectivity index (χ3v) is 3.38. The maximum absolute atomic E-state index is 5.57. The lowest BCUT2D eigenvalue weighted by atomic mass is 10.2. The molecule has 0 aliphatic rings. The van der Waals surface area contributed by atoms with Crippen LogP contribution in [0.25, 0.3) is 11.1 Å². The minimum absolute atomic E-state index is 0.497. The van der Waals surface area contributed by atoms with E-state index in [4.69, 9.17) is 21.4 Å². The van der Waals surface area contributed by atoms with E-state index in [9.17, 15) is 0 Å². The van der Waals surface area contributed by atoms with Crippen molar-refractivity contribution in [3.8, 4) is 5.75 Å². The fraction of sp³-hybridized carbons (Fsp3) is 0.133. The molecule has 0 saturated carbocycles. The number of para-hydroxylation sites is 2. The van der Waals surface area contributed by atoms with Crippen LogP contribution in [0, 0.1) is 4.84 Å². The SMILES string of the molecule is COc1ccc(Cn2c(=S)oc3ccccc32)cc1. The molecule has 0 bridgehead atoms. The maximum Gasteiger partial charge on any atom is 0.269 e. The molecule has 0 atom stereocenters. The minimum Gasteiger partial charge on any atom is -0.497 e. The zero-order valence-corrected chi connectivity index (χ0v) is 11.3. The summed E-state index contributed by atoms with van der Waals surface area (Å²) in [5, 5.41) is 0. The zero-order chi connectivity index (χ0) is 13.2. The van der Waals surface area contributed by atoms with E-state index >= 15 is 0 Å². The summed E-state index contributed by atoms with van der Waals surface area (Å²) in [6, 6.07) is 15.8. The standard InChI is InChI=1S/C15H13NO2S/c1-17-12-8-6-11(7-9-12)10-16-13-4-2-3-5-14(13)18-15(16)19/h2-9H,10H2,1H3. The molecular weight excluding hydrogens is 258 g/mol. The largest absolute Gasteiger partial charge is 0.497 e. The van der Waals surface area contributed by atoms with E-state index in [1.807, 2.05) is 53.1 Å². The number of benzene rings is 2. The van der Waals surface area contributed by atoms with E-state index in [-0.39, 0.29) is 0 Å². The number of nitrogens with zero attached hydrogens (tertiary/aromatic N) is 1. The summed E-state index contributed by atoms with van der Waals surface area (Å²) < 4.78 is 12.7. The fourth-order valence-corrected chi connectivity index (χ4v) is 2.33. The van der Waals surface area contributed by atoms with Crippen molar-refractivity contribution >= 4 is 23.3 Å². The minimum atomic E-state index is 0.497. The quantitative estimate of drug-likeness (QED) is 0.673. The van der Waals surface area contributed by atoms with Crippen molar-refractivity contribution in [2.75, 3.05) is 7.11 Å². The van der Waals surface area contributed by atoms with Gasteiger partial charge in [-0.1, -0.05) is 24.3 Å². The van der Waals surface area contributed by atoms with Crippen molar-refractivity contribution in [3.05, 3.63) is 58.9 Å². The monoisotopic (exact) mass is 271 g/mol. The van der Waals surface area contributed by atoms with Gasteiger partial charge in [-0.05, 0) is 42.0 Å². The number of hydrogen-bond donors (Lipinski definition) is 0. The fourth-order valence-electron chi connectivity index (χ4n) is 2.08. The van der Waals surface area contributed by atoms with Crippen LogP contribution in [0.1, 0.15) is 5.56 Å². The molecule has 1 aromatic heterocycles. The number of oxazole rings is 1. The van der Waals surface area contributed by atoms with Gasteiger partial charge in [0.05, 0.1) is 19.2 Å². The van der Waals surface area contributed by atoms with Crippen molar-refractivity contribution in [2.45, 2.75) is 6.54 Å². The molecule has 0 aliphatic heterocycles. The average molecular weight is 271 g/mol. The van der Waals surface area contributed by atoms with Crippen molar-refractivity contribution in [1.29, 1.82) is 0 Å². The van der Waals surface area contributed by atoms with Gasteiger partial charge in [-0.15, -0.1) is 0 Å². The van der Waals surface area contributed by atoms with Gasteiger partial charge >= 0.3 is 0 Å². The molecule has 0 saturated heterocycles. The molecule has 1 heterocycles. The van der Waals surface area contributed by atoms with Crippen LogP contribution in [0.4, 0.5) is 0 Å². The Kier molecular flexibility index (Phi) is 3.09. The van der Waals surface area contributed by atoms with Crippen molar-refractivity contribution in [3.63, 3.8) is 0 Å². The lowest BCUT2D eigenvalue weighted by Crippen LogP contribution is -1.99. The first-order chi connectivity index (χ1) is 9.28. The van der Waals surface area contributed by atoms with Gasteiger partial charge in [0.25, 0.3) is 4.84 Å². The molecule has 0 aliphatic carbocycles. The molecular formula is C15H13NO2S. The third-order valence-electron chi connectivity index (χ3n) is 3.07. The maximum atomic E-state index is 5.57. The summed E-state index contributed by atoms with van der Waals surface area (Å²) in [5.41, 5.74) is 2.99. The van der Waals surface area contributed by atoms with Gasteiger partial charge in [0.1, 0.15) is 5.75 Å². The molecule has 19 heavy (non-hydrogen) atoms. The molecule has 3 nitrogen and oxygen atoms in total. The normalized spacial score (nSPS) is 10.8. The predicted molar refractivity (Wildman–Crippen MR) is 77.1 cm³/mol. The highest BCUT2D eigenvalue weighted by Crippen LogP contribution is 2.19. The highest BCUT2D eigenvalue weighted by Gasteiger charge is 2.06. The van der Waals surface area contributed by atoms with Gasteiger partial charge in [-0.25, -0.2) is 0 Å². The number of aromatic nitrogens is 1. The van der Waals surface area contributed by atoms with Crippen molar-refractivity contribution in [2.24, 2.45) is 0 Å². The van der Waals surface area contributed by atoms with Crippen LogP contribution in [0.5, 0.6) is 5.75 Å². The van der Waals surface area contributed by atoms with E-state index in [0.717, 1.165) is 22.4 Å². The van der Waals surface area contributed by atoms with E-state index in [2.05, 4.69) is 0 Å². The Labute approximate surface area is 116 Å². The molecule has 0 fully saturated rings. The van der Waals surface area contributed by atoms with Crippen molar-refractivity contribution < 1.29 is 9.15 Å². The van der Waals surface area contributed by atoms with Crippen LogP contribution in [0.3, 0.4) is 0 Å². The smallest absolute Gasteiger partial charge is 0.269 e. The summed E-state index contributed by atoms with van der Waals surface area (Å²) in [4.78, 5) is 0.497. The van der Waals surface area contributed by atoms with Gasteiger partial charge in [-0.3, -0.25) is 4.57 Å². The lowest BCUT2D eigenvalue weighted by molar-refractivity contribution is 0.414. The summed E-state index contributed by atoms with van der Waals surface area (Å²) in [7, 11) is 1.66. The average Bonchev–Trinajstić information content (AvgIpc) is 2.76. The van der Waals surface area contributed by atoms with Gasteiger partial charge in [-0.2, -0.15) is 0 Å². The molecule has 0 radical (unpaired) electrons. The number of rotatable bonds is 3. The number of ether oxygens (including phenoxy) is 1. The Morgan fingerprint density at radius 2 is 1.84 bits per heavy atom. The zero-order valence-electron chi connectivity index (χ0n) is 10.5. The molecule has 0 spiro atoms. The molecule has 3 rings (SSSR count). The topological polar surface area (TPSA) is 27.3 Å². The summed E-state index contributed by atoms with van der Waals surface area (Å²) in [6.07, 6.45) is 0. The van der Waals surface area contributed by atoms with Gasteiger partial charge < -0.3 is 9.15 Å². The van der Waals surface area contributed by atoms with Crippen LogP contribution in [-0.2, 0) is 6.54 Å². The van der Waals surface area contributed by atoms with Crippen LogP contribution in [0.15, 0.2) is 52.9 Å². The first-order valence-electron chi connectivity index (χ1n) is 5.99. The highest BCUT2D eigenvalue weighted by atomic mass is 32.1. The Hall–Kier alpha value is -2.07. The van der Waals surface area contributed by atoms with E-state index in [1.165, 1.54) is 0 Å². The predicted octanol–water partition coefficient (Wildman–Crippen LogP) is 4.02. The summed E-state index contributed by atoms with van der Waals surface area (Å²) in [6.45, 7) is 0.694. The van der Waals surface area contributed by atoms with Gasteiger partial charge in [0.15, 0.2) is 5.58 Å². The number of hydrogen-bond acceptors (Lipinski definition) is 3. The third kappa shape index (κ3) is 2.27. The van der Waals surface area contributed by atoms with Crippen LogP contribution in [-0.4, -0.2) is 11.7 Å². The first kappa shape index (κ1) is 12.0. The van der Waals surface area contributed by atoms with Crippen LogP contribution >= 0.6 is 12.2 Å². The first-order valence-corrected chi connectivity index (χ1v) is 6.40. The van der Waals surface area contributed by atoms with Gasteiger partial charge in [0.2, 0.25) is 0 Å². The molecule has 0 amide bonds. The van der Waals surface area contributed by atoms with Crippen LogP contribution < -0.4 is 4.74 Å². The molecule has 96 valence electrons.